The van der Waals surface area contributed by atoms with E-state index < -0.39 is 6.10 Å². The van der Waals surface area contributed by atoms with Crippen LogP contribution in [-0.2, 0) is 28.6 Å². The first-order valence-corrected chi connectivity index (χ1v) is 27.4. The van der Waals surface area contributed by atoms with Gasteiger partial charge in [-0.1, -0.05) is 209 Å². The maximum Gasteiger partial charge on any atom is 0.306 e. The third-order valence-electron chi connectivity index (χ3n) is 11.7. The summed E-state index contributed by atoms with van der Waals surface area (Å²) in [5.74, 6) is -0.934. The molecule has 0 aromatic heterocycles. The second kappa shape index (κ2) is 53.5. The highest BCUT2D eigenvalue weighted by Crippen LogP contribution is 2.14. The summed E-state index contributed by atoms with van der Waals surface area (Å²) in [7, 11) is 0. The lowest BCUT2D eigenvalue weighted by molar-refractivity contribution is -0.167. The quantitative estimate of drug-likeness (QED) is 0.0262. The van der Waals surface area contributed by atoms with Crippen molar-refractivity contribution in [3.05, 3.63) is 72.9 Å². The second-order valence-corrected chi connectivity index (χ2v) is 18.1. The average Bonchev–Trinajstić information content (AvgIpc) is 3.30. The third-order valence-corrected chi connectivity index (χ3v) is 11.7. The van der Waals surface area contributed by atoms with Crippen molar-refractivity contribution in [1.29, 1.82) is 0 Å². The fourth-order valence-corrected chi connectivity index (χ4v) is 7.54. The van der Waals surface area contributed by atoms with Crippen LogP contribution in [0.15, 0.2) is 72.9 Å². The smallest absolute Gasteiger partial charge is 0.306 e. The monoisotopic (exact) mass is 907 g/mol. The molecule has 1 atom stereocenters. The van der Waals surface area contributed by atoms with Gasteiger partial charge in [0.2, 0.25) is 0 Å². The Morgan fingerprint density at radius 3 is 1.00 bits per heavy atom. The maximum absolute atomic E-state index is 12.8. The number of esters is 3. The lowest BCUT2D eigenvalue weighted by atomic mass is 10.1. The van der Waals surface area contributed by atoms with Crippen LogP contribution in [-0.4, -0.2) is 37.2 Å². The molecular formula is C59H102O6. The molecule has 0 heterocycles. The van der Waals surface area contributed by atoms with Gasteiger partial charge in [-0.05, 0) is 109 Å². The molecule has 0 saturated heterocycles. The van der Waals surface area contributed by atoms with E-state index in [0.29, 0.717) is 12.8 Å². The average molecular weight is 907 g/mol. The van der Waals surface area contributed by atoms with Crippen molar-refractivity contribution in [2.45, 2.75) is 271 Å². The molecule has 1 unspecified atom stereocenters. The number of carbonyl (C=O) groups excluding carboxylic acids is 3. The van der Waals surface area contributed by atoms with E-state index in [4.69, 9.17) is 14.2 Å². The van der Waals surface area contributed by atoms with Crippen LogP contribution in [0.4, 0.5) is 0 Å². The fourth-order valence-electron chi connectivity index (χ4n) is 7.54. The summed E-state index contributed by atoms with van der Waals surface area (Å²) < 4.78 is 16.8. The number of unbranched alkanes of at least 4 members (excludes halogenated alkanes) is 26. The van der Waals surface area contributed by atoms with Crippen LogP contribution in [0.5, 0.6) is 0 Å². The van der Waals surface area contributed by atoms with Crippen molar-refractivity contribution in [3.8, 4) is 0 Å². The van der Waals surface area contributed by atoms with Crippen molar-refractivity contribution < 1.29 is 28.6 Å². The normalized spacial score (nSPS) is 12.6. The van der Waals surface area contributed by atoms with Crippen LogP contribution >= 0.6 is 0 Å². The van der Waals surface area contributed by atoms with Gasteiger partial charge in [-0.2, -0.15) is 0 Å². The summed E-state index contributed by atoms with van der Waals surface area (Å²) >= 11 is 0. The summed E-state index contributed by atoms with van der Waals surface area (Å²) in [6.07, 6.45) is 67.5. The van der Waals surface area contributed by atoms with Crippen LogP contribution in [0.2, 0.25) is 0 Å². The molecule has 0 aliphatic rings. The zero-order valence-corrected chi connectivity index (χ0v) is 42.7. The molecule has 0 fully saturated rings. The third kappa shape index (κ3) is 51.7. The van der Waals surface area contributed by atoms with Crippen LogP contribution in [0.3, 0.4) is 0 Å². The molecule has 0 aliphatic heterocycles. The van der Waals surface area contributed by atoms with Gasteiger partial charge in [-0.25, -0.2) is 0 Å². The minimum Gasteiger partial charge on any atom is -0.462 e. The molecule has 0 spiro atoms. The molecular weight excluding hydrogens is 805 g/mol. The Bertz CT molecular complexity index is 1230. The number of carbonyl (C=O) groups is 3. The highest BCUT2D eigenvalue weighted by molar-refractivity contribution is 5.71. The lowest BCUT2D eigenvalue weighted by Gasteiger charge is -2.18. The van der Waals surface area contributed by atoms with Crippen molar-refractivity contribution in [2.75, 3.05) is 13.2 Å². The van der Waals surface area contributed by atoms with Crippen molar-refractivity contribution in [3.63, 3.8) is 0 Å². The minimum absolute atomic E-state index is 0.0930. The summed E-state index contributed by atoms with van der Waals surface area (Å²) in [4.78, 5) is 38.0. The summed E-state index contributed by atoms with van der Waals surface area (Å²) in [6, 6.07) is 0. The van der Waals surface area contributed by atoms with E-state index >= 15 is 0 Å². The predicted molar refractivity (Wildman–Crippen MR) is 279 cm³/mol. The largest absolute Gasteiger partial charge is 0.462 e. The van der Waals surface area contributed by atoms with Gasteiger partial charge in [0.25, 0.3) is 0 Å². The molecule has 0 rings (SSSR count). The zero-order valence-electron chi connectivity index (χ0n) is 42.7. The Morgan fingerprint density at radius 2 is 0.600 bits per heavy atom. The first kappa shape index (κ1) is 61.9. The Labute approximate surface area is 402 Å². The predicted octanol–water partition coefficient (Wildman–Crippen LogP) is 18.2. The number of allylic oxidation sites excluding steroid dienone is 12. The van der Waals surface area contributed by atoms with Gasteiger partial charge in [0.05, 0.1) is 0 Å². The molecule has 0 bridgehead atoms. The lowest BCUT2D eigenvalue weighted by Crippen LogP contribution is -2.30. The zero-order chi connectivity index (χ0) is 47.2. The highest BCUT2D eigenvalue weighted by atomic mass is 16.6. The summed E-state index contributed by atoms with van der Waals surface area (Å²) in [6.45, 7) is 6.47. The first-order chi connectivity index (χ1) is 32.0. The van der Waals surface area contributed by atoms with E-state index in [9.17, 15) is 14.4 Å². The molecule has 0 aromatic rings. The Balaban J connectivity index is 4.41. The van der Waals surface area contributed by atoms with Crippen molar-refractivity contribution in [2.24, 2.45) is 0 Å². The van der Waals surface area contributed by atoms with Gasteiger partial charge >= 0.3 is 17.9 Å². The van der Waals surface area contributed by atoms with Gasteiger partial charge in [0, 0.05) is 19.3 Å². The Hall–Kier alpha value is -3.15. The second-order valence-electron chi connectivity index (χ2n) is 18.1. The van der Waals surface area contributed by atoms with Crippen LogP contribution in [0.1, 0.15) is 265 Å². The fraction of sp³-hybridized carbons (Fsp3) is 0.746. The molecule has 0 radical (unpaired) electrons. The number of hydrogen-bond donors (Lipinski definition) is 0. The van der Waals surface area contributed by atoms with Gasteiger partial charge in [-0.15, -0.1) is 0 Å². The number of rotatable bonds is 49. The molecule has 374 valence electrons. The van der Waals surface area contributed by atoms with Gasteiger partial charge < -0.3 is 14.2 Å². The Morgan fingerprint density at radius 1 is 0.323 bits per heavy atom. The van der Waals surface area contributed by atoms with Crippen LogP contribution in [0.25, 0.3) is 0 Å². The van der Waals surface area contributed by atoms with E-state index in [-0.39, 0.29) is 37.5 Å². The Kier molecular flexibility index (Phi) is 50.9. The van der Waals surface area contributed by atoms with E-state index in [0.717, 1.165) is 96.3 Å². The molecule has 0 N–H and O–H groups in total. The van der Waals surface area contributed by atoms with Crippen molar-refractivity contribution >= 4 is 17.9 Å². The topological polar surface area (TPSA) is 78.9 Å². The molecule has 6 heteroatoms. The molecule has 0 saturated carbocycles. The van der Waals surface area contributed by atoms with E-state index in [1.165, 1.54) is 128 Å². The summed E-state index contributed by atoms with van der Waals surface area (Å²) in [5.41, 5.74) is 0. The van der Waals surface area contributed by atoms with E-state index in [1.54, 1.807) is 0 Å². The molecule has 65 heavy (non-hydrogen) atoms. The van der Waals surface area contributed by atoms with E-state index in [2.05, 4.69) is 93.7 Å². The van der Waals surface area contributed by atoms with Crippen molar-refractivity contribution in [1.82, 2.24) is 0 Å². The molecule has 6 nitrogen and oxygen atoms in total. The van der Waals surface area contributed by atoms with Crippen LogP contribution < -0.4 is 0 Å². The first-order valence-electron chi connectivity index (χ1n) is 27.4. The number of ether oxygens (including phenoxy) is 3. The van der Waals surface area contributed by atoms with Gasteiger partial charge in [-0.3, -0.25) is 14.4 Å². The summed E-state index contributed by atoms with van der Waals surface area (Å²) in [5, 5.41) is 0. The molecule has 0 aliphatic carbocycles. The van der Waals surface area contributed by atoms with E-state index in [1.807, 2.05) is 0 Å². The maximum atomic E-state index is 12.8. The molecule has 0 amide bonds. The van der Waals surface area contributed by atoms with Gasteiger partial charge in [0.1, 0.15) is 13.2 Å². The SMILES string of the molecule is CC/C=C\C/C=C\C/C=C\C/C=C\CCCCCC(=O)OC(COC(=O)CCCCCCC/C=C\CCCCC)COC(=O)CCCCCCCCC/C=C\CCCCCCCCCC. The highest BCUT2D eigenvalue weighted by Gasteiger charge is 2.19. The standard InChI is InChI=1S/C59H102O6/c1-4-7-10-13-16-19-22-25-27-29-30-31-33-34-37-40-43-46-49-52-58(61)64-55-56(54-63-57(60)51-48-45-42-39-36-24-21-18-15-12-9-6-3)65-59(62)53-50-47-44-41-38-35-32-28-26-23-20-17-14-11-8-5-2/h8,11,17-18,20-21,26,28-30,35,38,56H,4-7,9-10,12-16,19,22-25,27,31-34,36-37,39-55H2,1-3H3/b11-8-,20-17-,21-18-,28-26-,30-29-,38-35-. The minimum atomic E-state index is -0.797. The number of hydrogen-bond acceptors (Lipinski definition) is 6. The van der Waals surface area contributed by atoms with Crippen LogP contribution in [0, 0.1) is 0 Å². The van der Waals surface area contributed by atoms with Gasteiger partial charge in [0.15, 0.2) is 6.10 Å². The molecule has 0 aromatic carbocycles.